The SMILES string of the molecule is CC1(F)CN2C[C@H](F)C[C@]2(CO)C1. The Bertz CT molecular complexity index is 222. The first-order chi connectivity index (χ1) is 5.97. The molecule has 0 saturated carbocycles. The Morgan fingerprint density at radius 2 is 2.31 bits per heavy atom. The van der Waals surface area contributed by atoms with Gasteiger partial charge in [0.25, 0.3) is 0 Å². The maximum Gasteiger partial charge on any atom is 0.122 e. The summed E-state index contributed by atoms with van der Waals surface area (Å²) in [6.45, 7) is 1.93. The molecule has 2 fully saturated rings. The van der Waals surface area contributed by atoms with Crippen LogP contribution in [0.2, 0.25) is 0 Å². The Morgan fingerprint density at radius 3 is 2.85 bits per heavy atom. The van der Waals surface area contributed by atoms with Crippen molar-refractivity contribution in [2.24, 2.45) is 0 Å². The molecule has 2 saturated heterocycles. The molecule has 1 unspecified atom stereocenters. The van der Waals surface area contributed by atoms with E-state index in [1.807, 2.05) is 0 Å². The zero-order chi connectivity index (χ0) is 9.69. The minimum absolute atomic E-state index is 0.132. The smallest absolute Gasteiger partial charge is 0.122 e. The zero-order valence-electron chi connectivity index (χ0n) is 7.76. The lowest BCUT2D eigenvalue weighted by Crippen LogP contribution is -2.41. The molecule has 0 aliphatic carbocycles. The summed E-state index contributed by atoms with van der Waals surface area (Å²) in [5, 5.41) is 9.20. The summed E-state index contributed by atoms with van der Waals surface area (Å²) < 4.78 is 26.7. The second kappa shape index (κ2) is 2.64. The molecule has 0 bridgehead atoms. The molecular weight excluding hydrogens is 176 g/mol. The first-order valence-corrected chi connectivity index (χ1v) is 4.66. The monoisotopic (exact) mass is 191 g/mol. The van der Waals surface area contributed by atoms with Crippen LogP contribution in [-0.2, 0) is 0 Å². The summed E-state index contributed by atoms with van der Waals surface area (Å²) in [6, 6.07) is 0. The molecule has 76 valence electrons. The van der Waals surface area contributed by atoms with Gasteiger partial charge < -0.3 is 5.11 Å². The van der Waals surface area contributed by atoms with E-state index in [4.69, 9.17) is 0 Å². The zero-order valence-corrected chi connectivity index (χ0v) is 7.76. The van der Waals surface area contributed by atoms with Crippen molar-refractivity contribution in [2.75, 3.05) is 19.7 Å². The summed E-state index contributed by atoms with van der Waals surface area (Å²) >= 11 is 0. The van der Waals surface area contributed by atoms with Crippen LogP contribution in [0, 0.1) is 0 Å². The van der Waals surface area contributed by atoms with Crippen molar-refractivity contribution in [1.29, 1.82) is 0 Å². The van der Waals surface area contributed by atoms with Crippen LogP contribution in [0.4, 0.5) is 8.78 Å². The van der Waals surface area contributed by atoms with Crippen molar-refractivity contribution < 1.29 is 13.9 Å². The van der Waals surface area contributed by atoms with Crippen LogP contribution in [0.15, 0.2) is 0 Å². The highest BCUT2D eigenvalue weighted by molar-refractivity contribution is 5.10. The van der Waals surface area contributed by atoms with Gasteiger partial charge >= 0.3 is 0 Å². The fourth-order valence-electron chi connectivity index (χ4n) is 2.82. The lowest BCUT2D eigenvalue weighted by Gasteiger charge is -2.28. The van der Waals surface area contributed by atoms with Crippen LogP contribution in [0.5, 0.6) is 0 Å². The van der Waals surface area contributed by atoms with E-state index in [-0.39, 0.29) is 32.5 Å². The van der Waals surface area contributed by atoms with Gasteiger partial charge in [0.05, 0.1) is 12.1 Å². The van der Waals surface area contributed by atoms with Crippen molar-refractivity contribution in [2.45, 2.75) is 37.1 Å². The molecule has 13 heavy (non-hydrogen) atoms. The lowest BCUT2D eigenvalue weighted by atomic mass is 9.90. The van der Waals surface area contributed by atoms with E-state index in [9.17, 15) is 13.9 Å². The van der Waals surface area contributed by atoms with E-state index in [1.54, 1.807) is 4.90 Å². The number of fused-ring (bicyclic) bond motifs is 1. The van der Waals surface area contributed by atoms with Crippen LogP contribution in [0.1, 0.15) is 19.8 Å². The van der Waals surface area contributed by atoms with Crippen molar-refractivity contribution >= 4 is 0 Å². The number of halogens is 2. The average molecular weight is 191 g/mol. The Labute approximate surface area is 76.5 Å². The van der Waals surface area contributed by atoms with Gasteiger partial charge in [-0.05, 0) is 6.92 Å². The van der Waals surface area contributed by atoms with Gasteiger partial charge in [-0.25, -0.2) is 8.78 Å². The second-order valence-electron chi connectivity index (χ2n) is 4.65. The number of nitrogens with zero attached hydrogens (tertiary/aromatic N) is 1. The highest BCUT2D eigenvalue weighted by Crippen LogP contribution is 2.45. The molecule has 3 atom stereocenters. The largest absolute Gasteiger partial charge is 0.394 e. The number of hydrogen-bond acceptors (Lipinski definition) is 2. The molecule has 2 heterocycles. The summed E-state index contributed by atoms with van der Waals surface area (Å²) in [5.41, 5.74) is -1.87. The van der Waals surface area contributed by atoms with E-state index >= 15 is 0 Å². The predicted molar refractivity (Wildman–Crippen MR) is 45.0 cm³/mol. The van der Waals surface area contributed by atoms with Crippen LogP contribution < -0.4 is 0 Å². The molecule has 0 aromatic heterocycles. The van der Waals surface area contributed by atoms with Crippen LogP contribution in [0.3, 0.4) is 0 Å². The van der Waals surface area contributed by atoms with Crippen LogP contribution >= 0.6 is 0 Å². The Hall–Kier alpha value is -0.220. The number of hydrogen-bond donors (Lipinski definition) is 1. The first-order valence-electron chi connectivity index (χ1n) is 4.66. The quantitative estimate of drug-likeness (QED) is 0.665. The molecule has 0 radical (unpaired) electrons. The fourth-order valence-corrected chi connectivity index (χ4v) is 2.82. The van der Waals surface area contributed by atoms with E-state index in [1.165, 1.54) is 6.92 Å². The average Bonchev–Trinajstić information content (AvgIpc) is 2.36. The second-order valence-corrected chi connectivity index (χ2v) is 4.65. The number of aliphatic hydroxyl groups excluding tert-OH is 1. The molecule has 2 aliphatic rings. The van der Waals surface area contributed by atoms with Gasteiger partial charge in [0.2, 0.25) is 0 Å². The van der Waals surface area contributed by atoms with Crippen molar-refractivity contribution in [3.05, 3.63) is 0 Å². The predicted octanol–water partition coefficient (Wildman–Crippen LogP) is 0.893. The van der Waals surface area contributed by atoms with Gasteiger partial charge in [0, 0.05) is 25.9 Å². The molecule has 0 amide bonds. The lowest BCUT2D eigenvalue weighted by molar-refractivity contribution is 0.0984. The minimum atomic E-state index is -1.26. The topological polar surface area (TPSA) is 23.5 Å². The molecule has 1 N–H and O–H groups in total. The van der Waals surface area contributed by atoms with Gasteiger partial charge in [0.15, 0.2) is 0 Å². The summed E-state index contributed by atoms with van der Waals surface area (Å²) in [4.78, 5) is 1.76. The number of rotatable bonds is 1. The van der Waals surface area contributed by atoms with Crippen LogP contribution in [0.25, 0.3) is 0 Å². The third-order valence-electron chi connectivity index (χ3n) is 3.20. The van der Waals surface area contributed by atoms with Gasteiger partial charge in [-0.3, -0.25) is 4.90 Å². The van der Waals surface area contributed by atoms with Crippen LogP contribution in [-0.4, -0.2) is 47.1 Å². The van der Waals surface area contributed by atoms with Crippen molar-refractivity contribution in [3.63, 3.8) is 0 Å². The molecule has 0 aromatic rings. The maximum absolute atomic E-state index is 13.6. The Morgan fingerprint density at radius 1 is 1.62 bits per heavy atom. The van der Waals surface area contributed by atoms with Crippen molar-refractivity contribution in [3.8, 4) is 0 Å². The minimum Gasteiger partial charge on any atom is -0.394 e. The van der Waals surface area contributed by atoms with E-state index in [2.05, 4.69) is 0 Å². The third kappa shape index (κ3) is 1.36. The standard InChI is InChI=1S/C9H15F2NO/c1-8(11)4-9(6-13)2-7(10)3-12(9)5-8/h7,13H,2-6H2,1H3/t7-,8?,9-/m1/s1. The third-order valence-corrected chi connectivity index (χ3v) is 3.20. The molecule has 2 aliphatic heterocycles. The fraction of sp³-hybridized carbons (Fsp3) is 1.00. The Balaban J connectivity index is 2.20. The number of aliphatic hydroxyl groups is 1. The molecule has 0 spiro atoms. The van der Waals surface area contributed by atoms with Gasteiger partial charge in [-0.1, -0.05) is 0 Å². The Kier molecular flexibility index (Phi) is 1.90. The summed E-state index contributed by atoms with van der Waals surface area (Å²) in [7, 11) is 0. The molecule has 2 nitrogen and oxygen atoms in total. The van der Waals surface area contributed by atoms with Gasteiger partial charge in [-0.2, -0.15) is 0 Å². The molecule has 0 aromatic carbocycles. The highest BCUT2D eigenvalue weighted by Gasteiger charge is 2.56. The highest BCUT2D eigenvalue weighted by atomic mass is 19.1. The van der Waals surface area contributed by atoms with Gasteiger partial charge in [0.1, 0.15) is 11.8 Å². The first kappa shape index (κ1) is 9.34. The molecule has 2 rings (SSSR count). The van der Waals surface area contributed by atoms with E-state index in [0.717, 1.165) is 0 Å². The summed E-state index contributed by atoms with van der Waals surface area (Å²) in [6.07, 6.45) is -0.358. The molecular formula is C9H15F2NO. The van der Waals surface area contributed by atoms with E-state index < -0.39 is 17.4 Å². The summed E-state index contributed by atoms with van der Waals surface area (Å²) in [5.74, 6) is 0. The van der Waals surface area contributed by atoms with E-state index in [0.29, 0.717) is 0 Å². The molecule has 4 heteroatoms. The normalized spacial score (nSPS) is 51.2. The number of alkyl halides is 2. The van der Waals surface area contributed by atoms with Gasteiger partial charge in [-0.15, -0.1) is 0 Å². The van der Waals surface area contributed by atoms with Crippen molar-refractivity contribution in [1.82, 2.24) is 4.90 Å². The maximum atomic E-state index is 13.6.